The van der Waals surface area contributed by atoms with Crippen LogP contribution in [0, 0.1) is 0 Å². The first-order chi connectivity index (χ1) is 11.4. The topological polar surface area (TPSA) is 103 Å². The Kier molecular flexibility index (Phi) is 4.77. The molecule has 132 valence electrons. The summed E-state index contributed by atoms with van der Waals surface area (Å²) in [5.74, 6) is 0. The van der Waals surface area contributed by atoms with Crippen molar-refractivity contribution < 1.29 is 13.2 Å². The van der Waals surface area contributed by atoms with Gasteiger partial charge in [-0.3, -0.25) is 10.9 Å². The second-order valence-corrected chi connectivity index (χ2v) is 8.29. The van der Waals surface area contributed by atoms with Gasteiger partial charge in [0, 0.05) is 31.4 Å². The number of benzene rings is 1. The maximum atomic E-state index is 12.4. The first-order valence-electron chi connectivity index (χ1n) is 8.02. The van der Waals surface area contributed by atoms with Gasteiger partial charge < -0.3 is 10.6 Å². The molecule has 0 bridgehead atoms. The Balaban J connectivity index is 1.61. The van der Waals surface area contributed by atoms with E-state index in [0.29, 0.717) is 12.2 Å². The van der Waals surface area contributed by atoms with E-state index in [4.69, 9.17) is 0 Å². The summed E-state index contributed by atoms with van der Waals surface area (Å²) in [6, 6.07) is 6.18. The third-order valence-corrected chi connectivity index (χ3v) is 6.35. The van der Waals surface area contributed by atoms with Gasteiger partial charge in [0.1, 0.15) is 0 Å². The molecule has 24 heavy (non-hydrogen) atoms. The summed E-state index contributed by atoms with van der Waals surface area (Å²) in [6.07, 6.45) is 1.83. The molecular formula is C15H23N5O3S. The van der Waals surface area contributed by atoms with Crippen LogP contribution in [0.2, 0.25) is 0 Å². The van der Waals surface area contributed by atoms with Gasteiger partial charge in [0.05, 0.1) is 10.9 Å². The van der Waals surface area contributed by atoms with Gasteiger partial charge in [-0.05, 0) is 44.0 Å². The Morgan fingerprint density at radius 1 is 1.25 bits per heavy atom. The number of amides is 2. The van der Waals surface area contributed by atoms with E-state index in [1.165, 1.54) is 16.4 Å². The van der Waals surface area contributed by atoms with Crippen molar-refractivity contribution in [3.8, 4) is 0 Å². The lowest BCUT2D eigenvalue weighted by atomic mass is 10.2. The van der Waals surface area contributed by atoms with Gasteiger partial charge in [-0.1, -0.05) is 0 Å². The molecule has 2 aliphatic rings. The number of sulfonamides is 1. The molecule has 2 unspecified atom stereocenters. The number of carbonyl (C=O) groups excluding carboxylic acids is 1. The minimum absolute atomic E-state index is 0.00292. The summed E-state index contributed by atoms with van der Waals surface area (Å²) in [5.41, 5.74) is 6.55. The quantitative estimate of drug-likeness (QED) is 0.616. The molecule has 0 aromatic heterocycles. The molecular weight excluding hydrogens is 330 g/mol. The zero-order valence-electron chi connectivity index (χ0n) is 13.7. The summed E-state index contributed by atoms with van der Waals surface area (Å²) in [6.45, 7) is 2.63. The number of hydrazine groups is 1. The smallest absolute Gasteiger partial charge is 0.319 e. The highest BCUT2D eigenvalue weighted by Crippen LogP contribution is 2.30. The number of urea groups is 1. The first-order valence-corrected chi connectivity index (χ1v) is 9.46. The second kappa shape index (κ2) is 6.67. The highest BCUT2D eigenvalue weighted by Gasteiger charge is 2.35. The van der Waals surface area contributed by atoms with Crippen LogP contribution in [0.1, 0.15) is 19.8 Å². The molecule has 1 aromatic rings. The molecule has 2 amide bonds. The highest BCUT2D eigenvalue weighted by molar-refractivity contribution is 7.89. The Labute approximate surface area is 142 Å². The summed E-state index contributed by atoms with van der Waals surface area (Å²) in [5, 5.41) is 5.58. The minimum Gasteiger partial charge on any atom is -0.332 e. The number of nitrogens with one attached hydrogen (secondary N) is 4. The Morgan fingerprint density at radius 2 is 1.92 bits per heavy atom. The third kappa shape index (κ3) is 3.69. The van der Waals surface area contributed by atoms with Crippen LogP contribution in [0.25, 0.3) is 0 Å². The van der Waals surface area contributed by atoms with E-state index in [1.807, 2.05) is 6.92 Å². The molecule has 8 nitrogen and oxygen atoms in total. The van der Waals surface area contributed by atoms with E-state index in [1.54, 1.807) is 19.2 Å². The average molecular weight is 353 g/mol. The molecule has 0 radical (unpaired) electrons. The Hall–Kier alpha value is -1.68. The van der Waals surface area contributed by atoms with Crippen LogP contribution in [0.5, 0.6) is 0 Å². The van der Waals surface area contributed by atoms with Crippen molar-refractivity contribution in [2.24, 2.45) is 0 Å². The Bertz CT molecular complexity index is 702. The van der Waals surface area contributed by atoms with Gasteiger partial charge in [0.2, 0.25) is 10.0 Å². The Morgan fingerprint density at radius 3 is 2.46 bits per heavy atom. The number of hydrogen-bond acceptors (Lipinski definition) is 5. The van der Waals surface area contributed by atoms with Gasteiger partial charge in [-0.15, -0.1) is 0 Å². The monoisotopic (exact) mass is 353 g/mol. The van der Waals surface area contributed by atoms with Crippen LogP contribution in [0.4, 0.5) is 10.5 Å². The van der Waals surface area contributed by atoms with Crippen molar-refractivity contribution in [3.05, 3.63) is 24.3 Å². The fourth-order valence-electron chi connectivity index (χ4n) is 2.63. The minimum atomic E-state index is -3.46. The molecule has 1 aromatic carbocycles. The van der Waals surface area contributed by atoms with E-state index >= 15 is 0 Å². The molecule has 3 rings (SSSR count). The van der Waals surface area contributed by atoms with E-state index < -0.39 is 10.0 Å². The zero-order valence-corrected chi connectivity index (χ0v) is 14.6. The molecule has 4 N–H and O–H groups in total. The van der Waals surface area contributed by atoms with Crippen molar-refractivity contribution in [2.45, 2.75) is 42.8 Å². The second-order valence-electron chi connectivity index (χ2n) is 6.30. The van der Waals surface area contributed by atoms with Crippen LogP contribution in [0.3, 0.4) is 0 Å². The first kappa shape index (κ1) is 17.2. The van der Waals surface area contributed by atoms with Crippen LogP contribution < -0.4 is 21.5 Å². The molecule has 1 heterocycles. The van der Waals surface area contributed by atoms with Crippen LogP contribution in [0.15, 0.2) is 29.2 Å². The van der Waals surface area contributed by atoms with E-state index in [0.717, 1.165) is 12.8 Å². The molecule has 1 saturated carbocycles. The molecule has 1 aliphatic carbocycles. The summed E-state index contributed by atoms with van der Waals surface area (Å²) in [7, 11) is -1.85. The van der Waals surface area contributed by atoms with Gasteiger partial charge in [-0.25, -0.2) is 13.2 Å². The molecule has 1 saturated heterocycles. The van der Waals surface area contributed by atoms with Gasteiger partial charge >= 0.3 is 6.03 Å². The maximum absolute atomic E-state index is 12.4. The maximum Gasteiger partial charge on any atom is 0.319 e. The average Bonchev–Trinajstić information content (AvgIpc) is 3.32. The lowest BCUT2D eigenvalue weighted by Gasteiger charge is -2.17. The molecule has 9 heteroatoms. The predicted molar refractivity (Wildman–Crippen MR) is 91.0 cm³/mol. The van der Waals surface area contributed by atoms with Crippen molar-refractivity contribution >= 4 is 21.7 Å². The van der Waals surface area contributed by atoms with Crippen molar-refractivity contribution in [1.82, 2.24) is 20.5 Å². The number of carbonyl (C=O) groups is 1. The summed E-state index contributed by atoms with van der Waals surface area (Å²) < 4.78 is 26.3. The zero-order chi connectivity index (χ0) is 17.3. The fourth-order valence-corrected chi connectivity index (χ4v) is 4.05. The van der Waals surface area contributed by atoms with E-state index in [-0.39, 0.29) is 29.1 Å². The SMILES string of the molecule is CC1NNCC1NC(=O)Nc1ccc(S(=O)(=O)N(C)C2CC2)cc1. The molecule has 2 fully saturated rings. The van der Waals surface area contributed by atoms with Gasteiger partial charge in [0.25, 0.3) is 0 Å². The fraction of sp³-hybridized carbons (Fsp3) is 0.533. The van der Waals surface area contributed by atoms with Crippen LogP contribution in [-0.2, 0) is 10.0 Å². The van der Waals surface area contributed by atoms with E-state index in [2.05, 4.69) is 21.5 Å². The standard InChI is InChI=1S/C15H23N5O3S/c1-10-14(9-16-19-10)18-15(21)17-11-3-7-13(8-4-11)24(22,23)20(2)12-5-6-12/h3-4,7-8,10,12,14,16,19H,5-6,9H2,1-2H3,(H2,17,18,21). The summed E-state index contributed by atoms with van der Waals surface area (Å²) >= 11 is 0. The lowest BCUT2D eigenvalue weighted by molar-refractivity contribution is 0.248. The molecule has 1 aliphatic heterocycles. The van der Waals surface area contributed by atoms with Gasteiger partial charge in [0.15, 0.2) is 0 Å². The lowest BCUT2D eigenvalue weighted by Crippen LogP contribution is -2.45. The van der Waals surface area contributed by atoms with Crippen molar-refractivity contribution in [2.75, 3.05) is 18.9 Å². The third-order valence-electron chi connectivity index (χ3n) is 4.42. The number of nitrogens with zero attached hydrogens (tertiary/aromatic N) is 1. The van der Waals surface area contributed by atoms with Crippen molar-refractivity contribution in [3.63, 3.8) is 0 Å². The largest absolute Gasteiger partial charge is 0.332 e. The van der Waals surface area contributed by atoms with Crippen molar-refractivity contribution in [1.29, 1.82) is 0 Å². The van der Waals surface area contributed by atoms with Crippen LogP contribution >= 0.6 is 0 Å². The molecule has 2 atom stereocenters. The van der Waals surface area contributed by atoms with Gasteiger partial charge in [-0.2, -0.15) is 4.31 Å². The van der Waals surface area contributed by atoms with Crippen LogP contribution in [-0.4, -0.2) is 50.5 Å². The summed E-state index contributed by atoms with van der Waals surface area (Å²) in [4.78, 5) is 12.2. The molecule has 0 spiro atoms. The normalized spacial score (nSPS) is 24.1. The number of anilines is 1. The predicted octanol–water partition coefficient (Wildman–Crippen LogP) is 0.456. The number of rotatable bonds is 5. The highest BCUT2D eigenvalue weighted by atomic mass is 32.2. The van der Waals surface area contributed by atoms with E-state index in [9.17, 15) is 13.2 Å². The number of hydrogen-bond donors (Lipinski definition) is 4.